The van der Waals surface area contributed by atoms with Gasteiger partial charge in [-0.15, -0.1) is 22.7 Å². The van der Waals surface area contributed by atoms with Gasteiger partial charge in [-0.25, -0.2) is 33.7 Å². The van der Waals surface area contributed by atoms with E-state index in [0.717, 1.165) is 32.8 Å². The number of pyridine rings is 1. The normalized spacial score (nSPS) is 27.7. The molecule has 4 aromatic heterocycles. The highest BCUT2D eigenvalue weighted by molar-refractivity contribution is 7.16. The zero-order valence-electron chi connectivity index (χ0n) is 20.2. The molecule has 4 aliphatic rings. The van der Waals surface area contributed by atoms with Gasteiger partial charge in [-0.3, -0.25) is 4.79 Å². The van der Waals surface area contributed by atoms with Crippen molar-refractivity contribution >= 4 is 45.5 Å². The van der Waals surface area contributed by atoms with Crippen molar-refractivity contribution in [1.82, 2.24) is 29.8 Å². The Kier molecular flexibility index (Phi) is 4.30. The molecule has 192 valence electrons. The molecule has 4 aromatic rings. The van der Waals surface area contributed by atoms with Crippen LogP contribution in [0.3, 0.4) is 0 Å². The molecule has 9 nitrogen and oxygen atoms in total. The number of fused-ring (bicyclic) bond motifs is 1. The second-order valence-electron chi connectivity index (χ2n) is 10.3. The Hall–Kier alpha value is -3.58. The minimum atomic E-state index is -2.59. The summed E-state index contributed by atoms with van der Waals surface area (Å²) in [5.41, 5.74) is 2.14. The third-order valence-electron chi connectivity index (χ3n) is 8.35. The highest BCUT2D eigenvalue weighted by Crippen LogP contribution is 2.91. The summed E-state index contributed by atoms with van der Waals surface area (Å²) in [4.78, 5) is 40.5. The van der Waals surface area contributed by atoms with Crippen LogP contribution < -0.4 is 10.2 Å². The molecule has 13 heteroatoms. The van der Waals surface area contributed by atoms with Crippen molar-refractivity contribution in [3.63, 3.8) is 0 Å². The van der Waals surface area contributed by atoms with E-state index in [1.807, 2.05) is 24.1 Å². The van der Waals surface area contributed by atoms with Crippen molar-refractivity contribution in [1.29, 1.82) is 0 Å². The van der Waals surface area contributed by atoms with Gasteiger partial charge in [-0.2, -0.15) is 0 Å². The number of amides is 1. The fraction of sp³-hybridized carbons (Fsp3) is 0.360. The summed E-state index contributed by atoms with van der Waals surface area (Å²) in [7, 11) is 0. The van der Waals surface area contributed by atoms with E-state index in [-0.39, 0.29) is 34.5 Å². The number of thiazole rings is 2. The van der Waals surface area contributed by atoms with Gasteiger partial charge in [-0.1, -0.05) is 0 Å². The zero-order valence-corrected chi connectivity index (χ0v) is 21.9. The summed E-state index contributed by atoms with van der Waals surface area (Å²) in [6, 6.07) is 3.86. The summed E-state index contributed by atoms with van der Waals surface area (Å²) in [6.07, 6.45) is 2.37. The van der Waals surface area contributed by atoms with Crippen LogP contribution in [0.4, 0.5) is 25.7 Å². The molecule has 1 amide bonds. The first-order chi connectivity index (χ1) is 18.3. The van der Waals surface area contributed by atoms with Crippen molar-refractivity contribution in [2.75, 3.05) is 16.8 Å². The van der Waals surface area contributed by atoms with E-state index in [0.29, 0.717) is 23.9 Å². The molecular weight excluding hydrogens is 530 g/mol. The smallest absolute Gasteiger partial charge is 0.266 e. The Morgan fingerprint density at radius 3 is 2.58 bits per heavy atom. The number of aromatic nitrogens is 5. The van der Waals surface area contributed by atoms with E-state index < -0.39 is 6.43 Å². The lowest BCUT2D eigenvalue weighted by Crippen LogP contribution is -2.60. The number of piperazine rings is 1. The number of piperidine rings is 3. The fourth-order valence-electron chi connectivity index (χ4n) is 6.74. The number of nitrogens with zero attached hydrogens (tertiary/aromatic N) is 7. The van der Waals surface area contributed by atoms with Crippen LogP contribution in [-0.4, -0.2) is 59.9 Å². The van der Waals surface area contributed by atoms with Crippen LogP contribution in [0, 0.1) is 19.3 Å². The number of halogens is 2. The van der Waals surface area contributed by atoms with Crippen LogP contribution in [-0.2, 0) is 0 Å². The fourth-order valence-corrected chi connectivity index (χ4v) is 8.41. The minimum absolute atomic E-state index is 0.0223. The van der Waals surface area contributed by atoms with Gasteiger partial charge in [-0.05, 0) is 32.4 Å². The first-order valence-electron chi connectivity index (χ1n) is 12.2. The summed E-state index contributed by atoms with van der Waals surface area (Å²) < 4.78 is 25.7. The number of alkyl halides is 2. The highest BCUT2D eigenvalue weighted by atomic mass is 32.1. The third-order valence-corrected chi connectivity index (χ3v) is 10.2. The van der Waals surface area contributed by atoms with Gasteiger partial charge in [0.2, 0.25) is 5.95 Å². The molecule has 0 aromatic carbocycles. The number of nitrogens with one attached hydrogen (secondary N) is 1. The monoisotopic (exact) mass is 550 g/mol. The second-order valence-corrected chi connectivity index (χ2v) is 12.4. The Bertz CT molecular complexity index is 1620. The van der Waals surface area contributed by atoms with Gasteiger partial charge in [0.15, 0.2) is 5.13 Å². The van der Waals surface area contributed by atoms with Crippen molar-refractivity contribution < 1.29 is 13.6 Å². The Balaban J connectivity index is 0.951. The number of carbonyl (C=O) groups is 1. The van der Waals surface area contributed by atoms with E-state index in [1.54, 1.807) is 29.7 Å². The first-order valence-corrected chi connectivity index (χ1v) is 13.9. The molecule has 2 aliphatic heterocycles. The lowest BCUT2D eigenvalue weighted by atomic mass is 10.0. The molecule has 4 atom stereocenters. The summed E-state index contributed by atoms with van der Waals surface area (Å²) in [5, 5.41) is 6.96. The van der Waals surface area contributed by atoms with Crippen molar-refractivity contribution in [2.24, 2.45) is 5.41 Å². The van der Waals surface area contributed by atoms with Crippen molar-refractivity contribution in [3.05, 3.63) is 57.9 Å². The number of carbonyl (C=O) groups excluding carboxylic acids is 1. The summed E-state index contributed by atoms with van der Waals surface area (Å²) >= 11 is 3.12. The maximum atomic E-state index is 13.4. The van der Waals surface area contributed by atoms with Gasteiger partial charge < -0.3 is 15.1 Å². The van der Waals surface area contributed by atoms with Gasteiger partial charge in [0.1, 0.15) is 5.82 Å². The molecule has 8 rings (SSSR count). The zero-order chi connectivity index (χ0) is 26.0. The summed E-state index contributed by atoms with van der Waals surface area (Å²) in [5.74, 6) is 1.06. The molecule has 1 spiro atoms. The van der Waals surface area contributed by atoms with Crippen molar-refractivity contribution in [3.8, 4) is 10.6 Å². The van der Waals surface area contributed by atoms with E-state index in [2.05, 4.69) is 35.1 Å². The van der Waals surface area contributed by atoms with Gasteiger partial charge in [0.05, 0.1) is 50.0 Å². The van der Waals surface area contributed by atoms with Crippen LogP contribution >= 0.6 is 22.7 Å². The third kappa shape index (κ3) is 2.77. The predicted molar refractivity (Wildman–Crippen MR) is 138 cm³/mol. The molecule has 2 aliphatic carbocycles. The maximum absolute atomic E-state index is 13.4. The average Bonchev–Trinajstić information content (AvgIpc) is 3.35. The highest BCUT2D eigenvalue weighted by Gasteiger charge is 3.04. The molecule has 2 unspecified atom stereocenters. The van der Waals surface area contributed by atoms with Crippen LogP contribution in [0.25, 0.3) is 10.6 Å². The molecule has 0 radical (unpaired) electrons. The predicted octanol–water partition coefficient (Wildman–Crippen LogP) is 4.61. The Morgan fingerprint density at radius 1 is 1.13 bits per heavy atom. The lowest BCUT2D eigenvalue weighted by molar-refractivity contribution is 0.0405. The Labute approximate surface area is 223 Å². The lowest BCUT2D eigenvalue weighted by Gasteiger charge is -2.44. The molecule has 0 bridgehead atoms. The first kappa shape index (κ1) is 22.4. The van der Waals surface area contributed by atoms with Crippen LogP contribution in [0.5, 0.6) is 0 Å². The second kappa shape index (κ2) is 7.29. The molecule has 4 fully saturated rings. The molecule has 38 heavy (non-hydrogen) atoms. The number of rotatable bonds is 6. The van der Waals surface area contributed by atoms with Crippen LogP contribution in [0.1, 0.15) is 39.5 Å². The standard InChI is InChI=1S/C25H20F2N8OS2/c1-11-17(38-12(2)31-11)15-8-37-23(32-15)33-16-4-3-13(5-28-16)21(36)35-19-18-25(19)9-24(25,35)10-34(18)22-29-6-14(7-30-22)20(26)27/h3-8,18-20H,9-10H2,1-2H3,(H,28,32,33)/t18?,19-,24-,25?/m0/s1. The SMILES string of the molecule is Cc1nc(C)c(-c2csc(Nc3ccc(C(=O)N4[C@H]5C6N(c7ncc(C(F)F)cn7)C[C@]47CC657)cn3)n2)s1. The molecule has 6 heterocycles. The topological polar surface area (TPSA) is 100 Å². The van der Waals surface area contributed by atoms with Gasteiger partial charge >= 0.3 is 0 Å². The number of hydrogen-bond donors (Lipinski definition) is 1. The van der Waals surface area contributed by atoms with E-state index in [4.69, 9.17) is 0 Å². The van der Waals surface area contributed by atoms with Gasteiger partial charge in [0, 0.05) is 35.9 Å². The number of likely N-dealkylation sites (tertiary alicyclic amines) is 1. The number of aryl methyl sites for hydroxylation is 2. The van der Waals surface area contributed by atoms with E-state index in [1.165, 1.54) is 23.7 Å². The van der Waals surface area contributed by atoms with E-state index in [9.17, 15) is 13.6 Å². The molecule has 2 saturated carbocycles. The minimum Gasteiger partial charge on any atom is -0.333 e. The molecular formula is C25H20F2N8OS2. The Morgan fingerprint density at radius 2 is 1.95 bits per heavy atom. The molecule has 2 saturated heterocycles. The van der Waals surface area contributed by atoms with Crippen molar-refractivity contribution in [2.45, 2.75) is 44.3 Å². The number of anilines is 3. The van der Waals surface area contributed by atoms with E-state index >= 15 is 0 Å². The largest absolute Gasteiger partial charge is 0.333 e. The summed E-state index contributed by atoms with van der Waals surface area (Å²) in [6.45, 7) is 4.60. The number of hydrogen-bond acceptors (Lipinski definition) is 10. The average molecular weight is 551 g/mol. The maximum Gasteiger partial charge on any atom is 0.266 e. The van der Waals surface area contributed by atoms with Crippen LogP contribution in [0.15, 0.2) is 36.1 Å². The molecule has 1 N–H and O–H groups in total. The quantitative estimate of drug-likeness (QED) is 0.372. The van der Waals surface area contributed by atoms with Crippen LogP contribution in [0.2, 0.25) is 0 Å². The van der Waals surface area contributed by atoms with Gasteiger partial charge in [0.25, 0.3) is 12.3 Å².